The van der Waals surface area contributed by atoms with E-state index in [1.54, 1.807) is 12.1 Å². The molecule has 0 N–H and O–H groups in total. The van der Waals surface area contributed by atoms with E-state index in [-0.39, 0.29) is 0 Å². The van der Waals surface area contributed by atoms with Crippen molar-refractivity contribution in [2.24, 2.45) is 0 Å². The summed E-state index contributed by atoms with van der Waals surface area (Å²) in [4.78, 5) is 14.7. The summed E-state index contributed by atoms with van der Waals surface area (Å²) in [5.41, 5.74) is -0.0311. The van der Waals surface area contributed by atoms with Crippen LogP contribution in [-0.4, -0.2) is 46.9 Å². The Bertz CT molecular complexity index is 506. The molecule has 2 rings (SSSR count). The summed E-state index contributed by atoms with van der Waals surface area (Å²) in [6.07, 6.45) is 1.07. The lowest BCUT2D eigenvalue weighted by Crippen LogP contribution is -2.37. The van der Waals surface area contributed by atoms with Gasteiger partial charge in [0, 0.05) is 37.3 Å². The van der Waals surface area contributed by atoms with Crippen molar-refractivity contribution in [1.82, 2.24) is 9.80 Å². The third kappa shape index (κ3) is 3.57. The highest BCUT2D eigenvalue weighted by Crippen LogP contribution is 2.23. The first-order valence-electron chi connectivity index (χ1n) is 7.45. The first kappa shape index (κ1) is 15.9. The van der Waals surface area contributed by atoms with E-state index in [9.17, 15) is 14.5 Å². The second-order valence-electron chi connectivity index (χ2n) is 5.41. The smallest absolute Gasteiger partial charge is 0.300 e. The number of benzene rings is 1. The summed E-state index contributed by atoms with van der Waals surface area (Å²) in [7, 11) is 0. The molecule has 116 valence electrons. The van der Waals surface area contributed by atoms with Gasteiger partial charge in [-0.25, -0.2) is 0 Å². The Morgan fingerprint density at radius 2 is 2.14 bits per heavy atom. The van der Waals surface area contributed by atoms with Gasteiger partial charge >= 0.3 is 5.69 Å². The van der Waals surface area contributed by atoms with E-state index < -0.39 is 16.4 Å². The van der Waals surface area contributed by atoms with Gasteiger partial charge < -0.3 is 0 Å². The molecule has 1 aromatic rings. The second-order valence-corrected chi connectivity index (χ2v) is 5.41. The summed E-state index contributed by atoms with van der Waals surface area (Å²) >= 11 is 0. The van der Waals surface area contributed by atoms with Crippen molar-refractivity contribution in [3.05, 3.63) is 39.7 Å². The van der Waals surface area contributed by atoms with Crippen molar-refractivity contribution >= 4 is 5.69 Å². The average molecular weight is 295 g/mol. The van der Waals surface area contributed by atoms with Crippen LogP contribution in [0.15, 0.2) is 18.2 Å². The van der Waals surface area contributed by atoms with Crippen LogP contribution < -0.4 is 0 Å². The highest BCUT2D eigenvalue weighted by Gasteiger charge is 2.27. The summed E-state index contributed by atoms with van der Waals surface area (Å²) in [6, 6.07) is 4.89. The molecule has 1 aliphatic heterocycles. The van der Waals surface area contributed by atoms with Crippen LogP contribution in [0.3, 0.4) is 0 Å². The van der Waals surface area contributed by atoms with Gasteiger partial charge in [0.2, 0.25) is 5.82 Å². The van der Waals surface area contributed by atoms with Crippen molar-refractivity contribution < 1.29 is 9.31 Å². The minimum absolute atomic E-state index is 0.407. The Labute approximate surface area is 124 Å². The molecule has 1 aliphatic rings. The van der Waals surface area contributed by atoms with E-state index in [1.807, 2.05) is 0 Å². The zero-order chi connectivity index (χ0) is 15.4. The predicted octanol–water partition coefficient (Wildman–Crippen LogP) is 2.65. The SMILES string of the molecule is CCN(CC)C1CCN(Cc2cccc([N+](=O)[O-])c2F)C1. The van der Waals surface area contributed by atoms with Gasteiger partial charge in [-0.3, -0.25) is 19.9 Å². The van der Waals surface area contributed by atoms with E-state index in [0.29, 0.717) is 18.2 Å². The largest absolute Gasteiger partial charge is 0.305 e. The number of hydrogen-bond acceptors (Lipinski definition) is 4. The number of nitro groups is 1. The highest BCUT2D eigenvalue weighted by atomic mass is 19.1. The van der Waals surface area contributed by atoms with Gasteiger partial charge in [-0.2, -0.15) is 4.39 Å². The van der Waals surface area contributed by atoms with Crippen LogP contribution in [0.25, 0.3) is 0 Å². The third-order valence-corrected chi connectivity index (χ3v) is 4.23. The Hall–Kier alpha value is -1.53. The van der Waals surface area contributed by atoms with Crippen molar-refractivity contribution in [2.75, 3.05) is 26.2 Å². The van der Waals surface area contributed by atoms with Crippen LogP contribution in [0.1, 0.15) is 25.8 Å². The maximum Gasteiger partial charge on any atom is 0.305 e. The number of nitrogens with zero attached hydrogens (tertiary/aromatic N) is 3. The number of likely N-dealkylation sites (N-methyl/N-ethyl adjacent to an activating group) is 1. The molecule has 1 heterocycles. The Kier molecular flexibility index (Phi) is 5.25. The van der Waals surface area contributed by atoms with E-state index in [2.05, 4.69) is 23.6 Å². The molecule has 5 nitrogen and oxygen atoms in total. The lowest BCUT2D eigenvalue weighted by atomic mass is 10.1. The summed E-state index contributed by atoms with van der Waals surface area (Å²) in [6.45, 7) is 8.55. The van der Waals surface area contributed by atoms with E-state index >= 15 is 0 Å². The molecule has 1 saturated heterocycles. The van der Waals surface area contributed by atoms with E-state index in [0.717, 1.165) is 32.6 Å². The third-order valence-electron chi connectivity index (χ3n) is 4.23. The standard InChI is InChI=1S/C15H22FN3O2/c1-3-18(4-2)13-8-9-17(11-13)10-12-6-5-7-14(15(12)16)19(20)21/h5-7,13H,3-4,8-11H2,1-2H3. The predicted molar refractivity (Wildman–Crippen MR) is 79.7 cm³/mol. The van der Waals surface area contributed by atoms with Gasteiger partial charge in [0.1, 0.15) is 0 Å². The minimum Gasteiger partial charge on any atom is -0.300 e. The Balaban J connectivity index is 2.04. The maximum atomic E-state index is 14.1. The molecule has 0 spiro atoms. The molecule has 1 fully saturated rings. The van der Waals surface area contributed by atoms with Crippen LogP contribution in [-0.2, 0) is 6.54 Å². The van der Waals surface area contributed by atoms with Gasteiger partial charge in [-0.05, 0) is 19.5 Å². The molecule has 1 unspecified atom stereocenters. The molecular weight excluding hydrogens is 273 g/mol. The van der Waals surface area contributed by atoms with Gasteiger partial charge in [0.25, 0.3) is 0 Å². The van der Waals surface area contributed by atoms with Crippen molar-refractivity contribution in [2.45, 2.75) is 32.9 Å². The summed E-state index contributed by atoms with van der Waals surface area (Å²) in [5, 5.41) is 10.8. The fourth-order valence-electron chi connectivity index (χ4n) is 3.06. The average Bonchev–Trinajstić information content (AvgIpc) is 2.91. The van der Waals surface area contributed by atoms with Crippen molar-refractivity contribution in [1.29, 1.82) is 0 Å². The van der Waals surface area contributed by atoms with Crippen LogP contribution in [0, 0.1) is 15.9 Å². The molecule has 0 radical (unpaired) electrons. The molecule has 0 amide bonds. The lowest BCUT2D eigenvalue weighted by molar-refractivity contribution is -0.387. The van der Waals surface area contributed by atoms with Crippen molar-refractivity contribution in [3.8, 4) is 0 Å². The Morgan fingerprint density at radius 1 is 1.43 bits per heavy atom. The number of likely N-dealkylation sites (tertiary alicyclic amines) is 1. The Morgan fingerprint density at radius 3 is 2.76 bits per heavy atom. The highest BCUT2D eigenvalue weighted by molar-refractivity contribution is 5.36. The normalized spacial score (nSPS) is 19.3. The van der Waals surface area contributed by atoms with Gasteiger partial charge in [0.15, 0.2) is 0 Å². The summed E-state index contributed by atoms with van der Waals surface area (Å²) < 4.78 is 14.1. The van der Waals surface area contributed by atoms with Gasteiger partial charge in [-0.1, -0.05) is 26.0 Å². The maximum absolute atomic E-state index is 14.1. The fourth-order valence-corrected chi connectivity index (χ4v) is 3.06. The van der Waals surface area contributed by atoms with Crippen LogP contribution in [0.2, 0.25) is 0 Å². The van der Waals surface area contributed by atoms with Crippen LogP contribution in [0.5, 0.6) is 0 Å². The molecule has 6 heteroatoms. The first-order valence-corrected chi connectivity index (χ1v) is 7.45. The van der Waals surface area contributed by atoms with Crippen LogP contribution in [0.4, 0.5) is 10.1 Å². The first-order chi connectivity index (χ1) is 10.1. The monoisotopic (exact) mass is 295 g/mol. The quantitative estimate of drug-likeness (QED) is 0.598. The molecule has 0 bridgehead atoms. The number of hydrogen-bond donors (Lipinski definition) is 0. The molecule has 0 aliphatic carbocycles. The number of rotatable bonds is 6. The minimum atomic E-state index is -0.700. The molecule has 1 aromatic carbocycles. The molecule has 21 heavy (non-hydrogen) atoms. The topological polar surface area (TPSA) is 49.6 Å². The zero-order valence-corrected chi connectivity index (χ0v) is 12.6. The van der Waals surface area contributed by atoms with E-state index in [1.165, 1.54) is 6.07 Å². The van der Waals surface area contributed by atoms with E-state index in [4.69, 9.17) is 0 Å². The fraction of sp³-hybridized carbons (Fsp3) is 0.600. The van der Waals surface area contributed by atoms with Gasteiger partial charge in [0.05, 0.1) is 4.92 Å². The molecule has 1 atom stereocenters. The summed E-state index contributed by atoms with van der Waals surface area (Å²) in [5.74, 6) is -0.700. The van der Waals surface area contributed by atoms with Gasteiger partial charge in [-0.15, -0.1) is 0 Å². The van der Waals surface area contributed by atoms with Crippen molar-refractivity contribution in [3.63, 3.8) is 0 Å². The molecule has 0 aromatic heterocycles. The second kappa shape index (κ2) is 6.95. The molecule has 0 saturated carbocycles. The molecular formula is C15H22FN3O2. The van der Waals surface area contributed by atoms with Crippen LogP contribution >= 0.6 is 0 Å². The lowest BCUT2D eigenvalue weighted by Gasteiger charge is -2.26. The number of nitro benzene ring substituents is 1. The zero-order valence-electron chi connectivity index (χ0n) is 12.6. The number of halogens is 1.